The maximum absolute atomic E-state index is 11.4. The molecule has 1 aromatic carbocycles. The summed E-state index contributed by atoms with van der Waals surface area (Å²) in [4.78, 5) is 27.4. The number of anilines is 4. The van der Waals surface area contributed by atoms with Gasteiger partial charge in [-0.05, 0) is 68.7 Å². The van der Waals surface area contributed by atoms with Crippen molar-refractivity contribution in [3.63, 3.8) is 0 Å². The lowest BCUT2D eigenvalue weighted by Gasteiger charge is -2.30. The fourth-order valence-corrected chi connectivity index (χ4v) is 4.79. The lowest BCUT2D eigenvalue weighted by molar-refractivity contribution is -0.143. The van der Waals surface area contributed by atoms with Crippen LogP contribution in [0, 0.1) is 6.92 Å². The van der Waals surface area contributed by atoms with Gasteiger partial charge in [0.1, 0.15) is 5.82 Å². The molecule has 9 heteroatoms. The fraction of sp³-hybridized carbons (Fsp3) is 0.407. The number of aryl methyl sites for hydroxylation is 1. The van der Waals surface area contributed by atoms with Crippen LogP contribution >= 0.6 is 0 Å². The van der Waals surface area contributed by atoms with Crippen LogP contribution in [0.1, 0.15) is 31.7 Å². The molecule has 2 saturated heterocycles. The Morgan fingerprint density at radius 3 is 2.86 bits per heavy atom. The number of carbonyl (C=O) groups is 1. The minimum absolute atomic E-state index is 0.171. The molecule has 2 bridgehead atoms. The van der Waals surface area contributed by atoms with Crippen LogP contribution in [0.2, 0.25) is 0 Å². The number of nitrogens with zero attached hydrogens (tertiary/aromatic N) is 4. The van der Waals surface area contributed by atoms with E-state index in [4.69, 9.17) is 9.47 Å². The van der Waals surface area contributed by atoms with Crippen LogP contribution in [0.3, 0.4) is 0 Å². The highest BCUT2D eigenvalue weighted by atomic mass is 16.5. The Balaban J connectivity index is 1.18. The molecule has 3 aromatic rings. The van der Waals surface area contributed by atoms with E-state index >= 15 is 0 Å². The van der Waals surface area contributed by atoms with E-state index in [-0.39, 0.29) is 5.97 Å². The molecule has 36 heavy (non-hydrogen) atoms. The summed E-state index contributed by atoms with van der Waals surface area (Å²) in [6.07, 6.45) is 6.12. The molecular weight excluding hydrogens is 456 g/mol. The normalized spacial score (nSPS) is 18.3. The third-order valence-electron chi connectivity index (χ3n) is 6.55. The van der Waals surface area contributed by atoms with Crippen molar-refractivity contribution < 1.29 is 14.3 Å². The Kier molecular flexibility index (Phi) is 7.27. The molecule has 188 valence electrons. The second-order valence-electron chi connectivity index (χ2n) is 9.16. The SMILES string of the molecule is CCOC(=O)CCCNc1ccc(-c2ccnc(Nc3ccc(N4CC5CC4CO5)c(C)c3)n2)cn1. The standard InChI is InChI=1S/C27H32N6O3/c1-3-35-26(34)5-4-11-28-25-9-6-19(15-30-25)23-10-12-29-27(32-23)31-20-7-8-24(18(2)13-20)33-16-22-14-21(33)17-36-22/h6-10,12-13,15,21-22H,3-5,11,14,16-17H2,1-2H3,(H,28,30)(H,29,31,32). The average molecular weight is 489 g/mol. The summed E-state index contributed by atoms with van der Waals surface area (Å²) in [5.41, 5.74) is 5.13. The number of ether oxygens (including phenoxy) is 2. The summed E-state index contributed by atoms with van der Waals surface area (Å²) >= 11 is 0. The van der Waals surface area contributed by atoms with E-state index in [1.165, 1.54) is 11.3 Å². The van der Waals surface area contributed by atoms with Crippen molar-refractivity contribution >= 4 is 29.1 Å². The summed E-state index contributed by atoms with van der Waals surface area (Å²) in [6, 6.07) is 12.6. The van der Waals surface area contributed by atoms with Gasteiger partial charge in [-0.3, -0.25) is 4.79 Å². The number of rotatable bonds is 10. The highest BCUT2D eigenvalue weighted by Gasteiger charge is 2.39. The van der Waals surface area contributed by atoms with E-state index in [1.807, 2.05) is 25.1 Å². The fourth-order valence-electron chi connectivity index (χ4n) is 4.79. The monoisotopic (exact) mass is 488 g/mol. The number of fused-ring (bicyclic) bond motifs is 2. The molecule has 0 saturated carbocycles. The van der Waals surface area contributed by atoms with Crippen molar-refractivity contribution in [2.45, 2.75) is 45.3 Å². The van der Waals surface area contributed by atoms with Crippen LogP contribution < -0.4 is 15.5 Å². The lowest BCUT2D eigenvalue weighted by atomic mass is 10.1. The molecule has 0 spiro atoms. The third-order valence-corrected chi connectivity index (χ3v) is 6.55. The molecule has 0 radical (unpaired) electrons. The van der Waals surface area contributed by atoms with E-state index in [1.54, 1.807) is 12.4 Å². The van der Waals surface area contributed by atoms with E-state index in [2.05, 4.69) is 55.6 Å². The van der Waals surface area contributed by atoms with Gasteiger partial charge in [0.15, 0.2) is 0 Å². The van der Waals surface area contributed by atoms with Gasteiger partial charge in [0, 0.05) is 48.8 Å². The zero-order valence-corrected chi connectivity index (χ0v) is 20.7. The van der Waals surface area contributed by atoms with Crippen molar-refractivity contribution in [3.8, 4) is 11.3 Å². The number of hydrogen-bond donors (Lipinski definition) is 2. The van der Waals surface area contributed by atoms with Crippen molar-refractivity contribution in [2.24, 2.45) is 0 Å². The second kappa shape index (κ2) is 10.9. The van der Waals surface area contributed by atoms with Crippen molar-refractivity contribution in [3.05, 3.63) is 54.4 Å². The quantitative estimate of drug-likeness (QED) is 0.319. The number of benzene rings is 1. The molecule has 2 fully saturated rings. The molecule has 2 N–H and O–H groups in total. The summed E-state index contributed by atoms with van der Waals surface area (Å²) in [5, 5.41) is 6.56. The van der Waals surface area contributed by atoms with E-state index in [0.717, 1.165) is 42.3 Å². The van der Waals surface area contributed by atoms with Crippen LogP contribution in [0.15, 0.2) is 48.8 Å². The molecule has 0 amide bonds. The number of nitrogens with one attached hydrogen (secondary N) is 2. The number of morpholine rings is 1. The summed E-state index contributed by atoms with van der Waals surface area (Å²) in [7, 11) is 0. The van der Waals surface area contributed by atoms with Gasteiger partial charge in [-0.2, -0.15) is 0 Å². The number of hydrogen-bond acceptors (Lipinski definition) is 9. The first kappa shape index (κ1) is 24.0. The molecule has 2 aliphatic heterocycles. The highest BCUT2D eigenvalue weighted by molar-refractivity contribution is 5.69. The molecule has 2 aromatic heterocycles. The van der Waals surface area contributed by atoms with E-state index in [9.17, 15) is 4.79 Å². The second-order valence-corrected chi connectivity index (χ2v) is 9.16. The Morgan fingerprint density at radius 1 is 1.22 bits per heavy atom. The minimum atomic E-state index is -0.171. The highest BCUT2D eigenvalue weighted by Crippen LogP contribution is 2.35. The van der Waals surface area contributed by atoms with Crippen LogP contribution in [-0.2, 0) is 14.3 Å². The molecule has 2 atom stereocenters. The van der Waals surface area contributed by atoms with Crippen molar-refractivity contribution in [2.75, 3.05) is 41.8 Å². The van der Waals surface area contributed by atoms with Gasteiger partial charge in [0.25, 0.3) is 0 Å². The Bertz CT molecular complexity index is 1200. The van der Waals surface area contributed by atoms with Gasteiger partial charge in [-0.1, -0.05) is 0 Å². The molecule has 5 rings (SSSR count). The van der Waals surface area contributed by atoms with Crippen LogP contribution in [-0.4, -0.2) is 59.4 Å². The van der Waals surface area contributed by atoms with Gasteiger partial charge in [0.05, 0.1) is 31.1 Å². The minimum Gasteiger partial charge on any atom is -0.466 e. The zero-order valence-electron chi connectivity index (χ0n) is 20.7. The molecule has 4 heterocycles. The third kappa shape index (κ3) is 5.57. The molecule has 2 unspecified atom stereocenters. The van der Waals surface area contributed by atoms with Gasteiger partial charge < -0.3 is 25.0 Å². The largest absolute Gasteiger partial charge is 0.466 e. The Hall–Kier alpha value is -3.72. The first-order valence-electron chi connectivity index (χ1n) is 12.5. The summed E-state index contributed by atoms with van der Waals surface area (Å²) < 4.78 is 10.7. The maximum atomic E-state index is 11.4. The van der Waals surface area contributed by atoms with Crippen LogP contribution in [0.25, 0.3) is 11.3 Å². The van der Waals surface area contributed by atoms with Crippen molar-refractivity contribution in [1.29, 1.82) is 0 Å². The van der Waals surface area contributed by atoms with Gasteiger partial charge >= 0.3 is 5.97 Å². The molecule has 9 nitrogen and oxygen atoms in total. The summed E-state index contributed by atoms with van der Waals surface area (Å²) in [5.74, 6) is 1.12. The first-order chi connectivity index (χ1) is 17.6. The lowest BCUT2D eigenvalue weighted by Crippen LogP contribution is -2.37. The number of esters is 1. The van der Waals surface area contributed by atoms with Crippen molar-refractivity contribution in [1.82, 2.24) is 15.0 Å². The number of pyridine rings is 1. The van der Waals surface area contributed by atoms with E-state index in [0.29, 0.717) is 44.1 Å². The topological polar surface area (TPSA) is 102 Å². The number of carbonyl (C=O) groups excluding carboxylic acids is 1. The maximum Gasteiger partial charge on any atom is 0.305 e. The van der Waals surface area contributed by atoms with Gasteiger partial charge in [-0.15, -0.1) is 0 Å². The Labute approximate surface area is 211 Å². The average Bonchev–Trinajstić information content (AvgIpc) is 3.52. The van der Waals surface area contributed by atoms with Gasteiger partial charge in [0.2, 0.25) is 5.95 Å². The predicted molar refractivity (Wildman–Crippen MR) is 140 cm³/mol. The van der Waals surface area contributed by atoms with Crippen LogP contribution in [0.4, 0.5) is 23.1 Å². The predicted octanol–water partition coefficient (Wildman–Crippen LogP) is 4.32. The Morgan fingerprint density at radius 2 is 2.14 bits per heavy atom. The number of aromatic nitrogens is 3. The van der Waals surface area contributed by atoms with Crippen LogP contribution in [0.5, 0.6) is 0 Å². The molecule has 2 aliphatic rings. The zero-order chi connectivity index (χ0) is 24.9. The molecular formula is C27H32N6O3. The smallest absolute Gasteiger partial charge is 0.305 e. The molecule has 0 aliphatic carbocycles. The summed E-state index contributed by atoms with van der Waals surface area (Å²) in [6.45, 7) is 6.81. The van der Waals surface area contributed by atoms with Gasteiger partial charge in [-0.25, -0.2) is 15.0 Å². The first-order valence-corrected chi connectivity index (χ1v) is 12.5. The van der Waals surface area contributed by atoms with E-state index < -0.39 is 0 Å².